The second-order valence-corrected chi connectivity index (χ2v) is 7.83. The summed E-state index contributed by atoms with van der Waals surface area (Å²) >= 11 is 0. The highest BCUT2D eigenvalue weighted by Crippen LogP contribution is 2.27. The van der Waals surface area contributed by atoms with E-state index in [1.54, 1.807) is 0 Å². The van der Waals surface area contributed by atoms with Crippen LogP contribution in [0.15, 0.2) is 24.3 Å². The summed E-state index contributed by atoms with van der Waals surface area (Å²) in [4.78, 5) is 14.5. The minimum absolute atomic E-state index is 0. The molecule has 1 amide bonds. The lowest BCUT2D eigenvalue weighted by Gasteiger charge is -2.31. The topological polar surface area (TPSA) is 44.4 Å². The van der Waals surface area contributed by atoms with Crippen LogP contribution in [0, 0.1) is 5.92 Å². The van der Waals surface area contributed by atoms with Gasteiger partial charge in [0.1, 0.15) is 0 Å². The number of carbonyl (C=O) groups is 1. The predicted octanol–water partition coefficient (Wildman–Crippen LogP) is 3.91. The molecule has 0 spiro atoms. The second-order valence-electron chi connectivity index (χ2n) is 7.83. The molecule has 4 nitrogen and oxygen atoms in total. The van der Waals surface area contributed by atoms with Crippen LogP contribution in [0.4, 0.5) is 0 Å². The molecule has 1 aromatic rings. The van der Waals surface area contributed by atoms with Gasteiger partial charge in [-0.3, -0.25) is 9.69 Å². The van der Waals surface area contributed by atoms with E-state index in [9.17, 15) is 4.79 Å². The molecule has 0 aliphatic heterocycles. The molecular weight excluding hydrogens is 381 g/mol. The van der Waals surface area contributed by atoms with Gasteiger partial charge in [-0.25, -0.2) is 0 Å². The van der Waals surface area contributed by atoms with Gasteiger partial charge in [0, 0.05) is 19.1 Å². The summed E-state index contributed by atoms with van der Waals surface area (Å²) in [5, 5.41) is 6.32. The minimum atomic E-state index is 0. The molecule has 6 heteroatoms. The van der Waals surface area contributed by atoms with E-state index in [4.69, 9.17) is 0 Å². The number of rotatable bonds is 9. The monoisotopic (exact) mass is 415 g/mol. The van der Waals surface area contributed by atoms with E-state index in [1.165, 1.54) is 56.1 Å². The molecule has 3 rings (SSSR count). The molecule has 0 atom stereocenters. The molecule has 2 N–H and O–H groups in total. The standard InChI is InChI=1S/C21H33N3O.2ClH/c1-24(20-9-3-2-4-10-20)16-19-8-6-5-7-18(19)14-23-21(25)15-22-13-17-11-12-17;;/h5-8,17,20,22H,2-4,9-16H2,1H3,(H,23,25);2*1H. The molecule has 0 heterocycles. The van der Waals surface area contributed by atoms with Crippen LogP contribution in [-0.2, 0) is 17.9 Å². The summed E-state index contributed by atoms with van der Waals surface area (Å²) < 4.78 is 0. The molecule has 2 aliphatic carbocycles. The Labute approximate surface area is 176 Å². The zero-order valence-corrected chi connectivity index (χ0v) is 18.0. The molecule has 2 aliphatic rings. The van der Waals surface area contributed by atoms with Crippen LogP contribution < -0.4 is 10.6 Å². The van der Waals surface area contributed by atoms with Crippen molar-refractivity contribution in [2.75, 3.05) is 20.1 Å². The fourth-order valence-electron chi connectivity index (χ4n) is 3.77. The number of carbonyl (C=O) groups excluding carboxylic acids is 1. The Morgan fingerprint density at radius 3 is 2.37 bits per heavy atom. The van der Waals surface area contributed by atoms with Crippen molar-refractivity contribution >= 4 is 30.7 Å². The van der Waals surface area contributed by atoms with E-state index in [2.05, 4.69) is 46.8 Å². The average Bonchev–Trinajstić information content (AvgIpc) is 3.46. The van der Waals surface area contributed by atoms with Gasteiger partial charge in [-0.2, -0.15) is 0 Å². The van der Waals surface area contributed by atoms with Crippen molar-refractivity contribution in [2.24, 2.45) is 5.92 Å². The number of nitrogens with one attached hydrogen (secondary N) is 2. The number of benzene rings is 1. The molecule has 0 aromatic heterocycles. The average molecular weight is 416 g/mol. The summed E-state index contributed by atoms with van der Waals surface area (Å²) in [6, 6.07) is 9.22. The molecule has 0 saturated heterocycles. The van der Waals surface area contributed by atoms with Gasteiger partial charge in [-0.1, -0.05) is 43.5 Å². The molecule has 2 fully saturated rings. The van der Waals surface area contributed by atoms with Gasteiger partial charge in [0.25, 0.3) is 0 Å². The van der Waals surface area contributed by atoms with Gasteiger partial charge in [-0.15, -0.1) is 24.8 Å². The second kappa shape index (κ2) is 12.6. The Bertz CT molecular complexity index is 560. The minimum Gasteiger partial charge on any atom is -0.351 e. The van der Waals surface area contributed by atoms with E-state index >= 15 is 0 Å². The summed E-state index contributed by atoms with van der Waals surface area (Å²) in [5.41, 5.74) is 2.57. The number of amides is 1. The highest BCUT2D eigenvalue weighted by atomic mass is 35.5. The molecule has 0 unspecified atom stereocenters. The van der Waals surface area contributed by atoms with E-state index in [1.807, 2.05) is 0 Å². The Morgan fingerprint density at radius 2 is 1.70 bits per heavy atom. The van der Waals surface area contributed by atoms with E-state index in [0.29, 0.717) is 19.1 Å². The van der Waals surface area contributed by atoms with Gasteiger partial charge in [0.05, 0.1) is 6.54 Å². The van der Waals surface area contributed by atoms with Crippen molar-refractivity contribution in [1.82, 2.24) is 15.5 Å². The van der Waals surface area contributed by atoms with Crippen molar-refractivity contribution in [3.8, 4) is 0 Å². The molecule has 27 heavy (non-hydrogen) atoms. The third-order valence-electron chi connectivity index (χ3n) is 5.63. The number of nitrogens with zero attached hydrogens (tertiary/aromatic N) is 1. The molecule has 154 valence electrons. The highest BCUT2D eigenvalue weighted by molar-refractivity contribution is 5.85. The number of halogens is 2. The maximum Gasteiger partial charge on any atom is 0.234 e. The third kappa shape index (κ3) is 8.39. The number of hydrogen-bond acceptors (Lipinski definition) is 3. The Morgan fingerprint density at radius 1 is 1.04 bits per heavy atom. The van der Waals surface area contributed by atoms with Crippen molar-refractivity contribution in [3.05, 3.63) is 35.4 Å². The maximum atomic E-state index is 12.0. The van der Waals surface area contributed by atoms with Gasteiger partial charge in [0.2, 0.25) is 5.91 Å². The first-order chi connectivity index (χ1) is 12.2. The SMILES string of the molecule is CN(Cc1ccccc1CNC(=O)CNCC1CC1)C1CCCCC1.Cl.Cl. The lowest BCUT2D eigenvalue weighted by molar-refractivity contribution is -0.120. The van der Waals surface area contributed by atoms with E-state index in [0.717, 1.165) is 19.0 Å². The Kier molecular flexibility index (Phi) is 11.3. The Hall–Kier alpha value is -0.810. The quantitative estimate of drug-likeness (QED) is 0.642. The summed E-state index contributed by atoms with van der Waals surface area (Å²) in [6.07, 6.45) is 9.39. The summed E-state index contributed by atoms with van der Waals surface area (Å²) in [6.45, 7) is 3.01. The van der Waals surface area contributed by atoms with E-state index in [-0.39, 0.29) is 30.7 Å². The van der Waals surface area contributed by atoms with Crippen molar-refractivity contribution in [1.29, 1.82) is 0 Å². The van der Waals surface area contributed by atoms with Crippen LogP contribution in [0.3, 0.4) is 0 Å². The van der Waals surface area contributed by atoms with Crippen LogP contribution in [0.25, 0.3) is 0 Å². The predicted molar refractivity (Wildman–Crippen MR) is 117 cm³/mol. The lowest BCUT2D eigenvalue weighted by Crippen LogP contribution is -2.35. The van der Waals surface area contributed by atoms with Crippen LogP contribution in [0.5, 0.6) is 0 Å². The number of hydrogen-bond donors (Lipinski definition) is 2. The Balaban J connectivity index is 0.00000182. The van der Waals surface area contributed by atoms with Gasteiger partial charge >= 0.3 is 0 Å². The third-order valence-corrected chi connectivity index (χ3v) is 5.63. The van der Waals surface area contributed by atoms with Gasteiger partial charge in [-0.05, 0) is 56.3 Å². The molecule has 0 radical (unpaired) electrons. The van der Waals surface area contributed by atoms with Crippen LogP contribution in [0.2, 0.25) is 0 Å². The molecule has 2 saturated carbocycles. The summed E-state index contributed by atoms with van der Waals surface area (Å²) in [5.74, 6) is 0.903. The van der Waals surface area contributed by atoms with Gasteiger partial charge in [0.15, 0.2) is 0 Å². The van der Waals surface area contributed by atoms with Crippen LogP contribution in [0.1, 0.15) is 56.1 Å². The van der Waals surface area contributed by atoms with Gasteiger partial charge < -0.3 is 10.6 Å². The van der Waals surface area contributed by atoms with Crippen LogP contribution >= 0.6 is 24.8 Å². The first-order valence-electron chi connectivity index (χ1n) is 9.97. The lowest BCUT2D eigenvalue weighted by atomic mass is 9.94. The van der Waals surface area contributed by atoms with Crippen molar-refractivity contribution in [2.45, 2.75) is 64.1 Å². The fraction of sp³-hybridized carbons (Fsp3) is 0.667. The van der Waals surface area contributed by atoms with E-state index < -0.39 is 0 Å². The van der Waals surface area contributed by atoms with Crippen molar-refractivity contribution < 1.29 is 4.79 Å². The summed E-state index contributed by atoms with van der Waals surface area (Å²) in [7, 11) is 2.24. The first kappa shape index (κ1) is 24.2. The zero-order chi connectivity index (χ0) is 17.5. The highest BCUT2D eigenvalue weighted by Gasteiger charge is 2.21. The largest absolute Gasteiger partial charge is 0.351 e. The zero-order valence-electron chi connectivity index (χ0n) is 16.4. The molecule has 1 aromatic carbocycles. The molecule has 0 bridgehead atoms. The van der Waals surface area contributed by atoms with Crippen LogP contribution in [-0.4, -0.2) is 37.0 Å². The van der Waals surface area contributed by atoms with Crippen molar-refractivity contribution in [3.63, 3.8) is 0 Å². The molecular formula is C21H35Cl2N3O. The maximum absolute atomic E-state index is 12.0. The smallest absolute Gasteiger partial charge is 0.234 e. The fourth-order valence-corrected chi connectivity index (χ4v) is 3.77. The normalized spacial score (nSPS) is 17.1. The first-order valence-corrected chi connectivity index (χ1v) is 9.97.